The van der Waals surface area contributed by atoms with E-state index in [0.29, 0.717) is 3.57 Å². The number of aryl methyl sites for hydroxylation is 1. The summed E-state index contributed by atoms with van der Waals surface area (Å²) in [6, 6.07) is 2.46. The number of aromatic carboxylic acids is 1. The van der Waals surface area contributed by atoms with Crippen molar-refractivity contribution in [3.05, 3.63) is 33.2 Å². The minimum Gasteiger partial charge on any atom is -0.478 e. The zero-order valence-corrected chi connectivity index (χ0v) is 19.9. The summed E-state index contributed by atoms with van der Waals surface area (Å²) in [5.74, 6) is -1.44. The van der Waals surface area contributed by atoms with Crippen molar-refractivity contribution in [2.75, 3.05) is 17.4 Å². The highest BCUT2D eigenvalue weighted by Gasteiger charge is 2.25. The smallest absolute Gasteiger partial charge is 0.337 e. The maximum Gasteiger partial charge on any atom is 0.337 e. The summed E-state index contributed by atoms with van der Waals surface area (Å²) in [6.45, 7) is 1.52. The number of amides is 2. The molecule has 2 rings (SSSR count). The lowest BCUT2D eigenvalue weighted by molar-refractivity contribution is 0.0692. The Morgan fingerprint density at radius 1 is 1.18 bits per heavy atom. The number of carbonyl (C=O) groups is 2. The van der Waals surface area contributed by atoms with Crippen LogP contribution in [-0.4, -0.2) is 52.5 Å². The van der Waals surface area contributed by atoms with Gasteiger partial charge in [0.15, 0.2) is 0 Å². The van der Waals surface area contributed by atoms with Gasteiger partial charge in [0.2, 0.25) is 5.95 Å². The van der Waals surface area contributed by atoms with Crippen LogP contribution in [0.2, 0.25) is 0 Å². The van der Waals surface area contributed by atoms with E-state index in [0.717, 1.165) is 12.1 Å². The molecular formula is C14H15I2N5O6S. The molecule has 14 heteroatoms. The summed E-state index contributed by atoms with van der Waals surface area (Å²) < 4.78 is 31.8. The molecule has 0 fully saturated rings. The van der Waals surface area contributed by atoms with Crippen molar-refractivity contribution >= 4 is 73.2 Å². The lowest BCUT2D eigenvalue weighted by Crippen LogP contribution is -2.35. The van der Waals surface area contributed by atoms with Crippen LogP contribution in [0, 0.1) is 10.5 Å². The number of hydrogen-bond acceptors (Lipinski definition) is 8. The van der Waals surface area contributed by atoms with Crippen LogP contribution in [0.3, 0.4) is 0 Å². The molecule has 0 aliphatic rings. The molecule has 0 atom stereocenters. The normalized spacial score (nSPS) is 10.3. The fraction of sp³-hybridized carbons (Fsp3) is 0.214. The van der Waals surface area contributed by atoms with Crippen LogP contribution in [0.5, 0.6) is 6.01 Å². The van der Waals surface area contributed by atoms with E-state index in [1.54, 1.807) is 4.72 Å². The van der Waals surface area contributed by atoms with Crippen LogP contribution >= 0.6 is 45.2 Å². The molecule has 0 radical (unpaired) electrons. The van der Waals surface area contributed by atoms with E-state index >= 15 is 0 Å². The molecule has 11 nitrogen and oxygen atoms in total. The van der Waals surface area contributed by atoms with Gasteiger partial charge in [-0.2, -0.15) is 15.0 Å². The third-order valence-corrected chi connectivity index (χ3v) is 4.87. The third kappa shape index (κ3) is 6.66. The molecule has 28 heavy (non-hydrogen) atoms. The van der Waals surface area contributed by atoms with Crippen molar-refractivity contribution in [1.29, 1.82) is 0 Å². The summed E-state index contributed by atoms with van der Waals surface area (Å²) in [5.41, 5.74) is -0.469. The average Bonchev–Trinajstić information content (AvgIpc) is 2.61. The standard InChI is InChI=1S/C13H12IN5O6S.CH3I/c1-6-15-11(18-13(16-6)25-2)17-12(22)19-26(23,24)9-5-7(14)3-4-8(9)10(20)21;1-2/h3-5H,1-2H3,(H,20,21)(H2,15,16,17,18,19,22);1H3. The number of alkyl halides is 1. The third-order valence-electron chi connectivity index (χ3n) is 2.83. The number of aromatic nitrogens is 3. The van der Waals surface area contributed by atoms with Gasteiger partial charge in [-0.15, -0.1) is 0 Å². The first-order chi connectivity index (χ1) is 13.1. The number of nitrogens with one attached hydrogen (secondary N) is 2. The number of benzene rings is 1. The molecule has 3 N–H and O–H groups in total. The largest absolute Gasteiger partial charge is 0.478 e. The molecule has 0 saturated heterocycles. The van der Waals surface area contributed by atoms with Crippen molar-refractivity contribution in [2.24, 2.45) is 0 Å². The molecule has 1 heterocycles. The van der Waals surface area contributed by atoms with Crippen molar-refractivity contribution in [3.63, 3.8) is 0 Å². The molecule has 1 aromatic heterocycles. The lowest BCUT2D eigenvalue weighted by atomic mass is 10.2. The SMILES string of the molecule is CI.COc1nc(C)nc(NC(=O)NS(=O)(=O)c2cc(I)ccc2C(=O)O)n1. The van der Waals surface area contributed by atoms with Gasteiger partial charge in [0.05, 0.1) is 12.7 Å². The van der Waals surface area contributed by atoms with Gasteiger partial charge in [-0.25, -0.2) is 22.7 Å². The van der Waals surface area contributed by atoms with E-state index in [2.05, 4.69) is 42.9 Å². The number of ether oxygens (including phenoxy) is 1. The molecule has 2 aromatic rings. The topological polar surface area (TPSA) is 160 Å². The Labute approximate surface area is 188 Å². The minimum absolute atomic E-state index is 0.0681. The number of rotatable bonds is 5. The van der Waals surface area contributed by atoms with Gasteiger partial charge in [0.1, 0.15) is 10.7 Å². The van der Waals surface area contributed by atoms with Crippen molar-refractivity contribution in [2.45, 2.75) is 11.8 Å². The zero-order valence-electron chi connectivity index (χ0n) is 14.7. The second-order valence-electron chi connectivity index (χ2n) is 4.70. The molecule has 0 saturated carbocycles. The van der Waals surface area contributed by atoms with Gasteiger partial charge in [0.25, 0.3) is 10.0 Å². The molecule has 2 amide bonds. The summed E-state index contributed by atoms with van der Waals surface area (Å²) in [6.07, 6.45) is 0. The number of urea groups is 1. The number of carboxylic acids is 1. The van der Waals surface area contributed by atoms with E-state index in [-0.39, 0.29) is 17.8 Å². The molecule has 0 unspecified atom stereocenters. The monoisotopic (exact) mass is 635 g/mol. The Hall–Kier alpha value is -1.82. The lowest BCUT2D eigenvalue weighted by Gasteiger charge is -2.10. The molecular weight excluding hydrogens is 620 g/mol. The molecule has 0 bridgehead atoms. The quantitative estimate of drug-likeness (QED) is 0.330. The summed E-state index contributed by atoms with van der Waals surface area (Å²) >= 11 is 3.97. The molecule has 152 valence electrons. The Morgan fingerprint density at radius 3 is 2.39 bits per heavy atom. The first-order valence-corrected chi connectivity index (χ1v) is 11.9. The maximum atomic E-state index is 12.4. The van der Waals surface area contributed by atoms with Gasteiger partial charge in [0, 0.05) is 3.57 Å². The average molecular weight is 635 g/mol. The van der Waals surface area contributed by atoms with Crippen LogP contribution in [-0.2, 0) is 10.0 Å². The summed E-state index contributed by atoms with van der Waals surface area (Å²) in [4.78, 5) is 36.0. The Bertz CT molecular complexity index is 986. The van der Waals surface area contributed by atoms with E-state index in [4.69, 9.17) is 9.84 Å². The Balaban J connectivity index is 0.00000190. The van der Waals surface area contributed by atoms with Gasteiger partial charge in [-0.05, 0) is 52.6 Å². The summed E-state index contributed by atoms with van der Waals surface area (Å²) in [5, 5.41) is 11.3. The maximum absolute atomic E-state index is 12.4. The van der Waals surface area contributed by atoms with Crippen molar-refractivity contribution in [3.8, 4) is 6.01 Å². The molecule has 0 aliphatic heterocycles. The van der Waals surface area contributed by atoms with Crippen molar-refractivity contribution < 1.29 is 27.9 Å². The second kappa shape index (κ2) is 10.6. The number of carboxylic acid groups (broad SMARTS) is 1. The van der Waals surface area contributed by atoms with Crippen LogP contribution in [0.25, 0.3) is 0 Å². The fourth-order valence-electron chi connectivity index (χ4n) is 1.80. The van der Waals surface area contributed by atoms with Crippen LogP contribution in [0.1, 0.15) is 16.2 Å². The second-order valence-corrected chi connectivity index (χ2v) is 7.59. The Kier molecular flexibility index (Phi) is 9.21. The fourth-order valence-corrected chi connectivity index (χ4v) is 3.64. The minimum atomic E-state index is -4.45. The van der Waals surface area contributed by atoms with Gasteiger partial charge >= 0.3 is 18.0 Å². The van der Waals surface area contributed by atoms with Gasteiger partial charge in [-0.3, -0.25) is 5.32 Å². The predicted octanol–water partition coefficient (Wildman–Crippen LogP) is 2.05. The summed E-state index contributed by atoms with van der Waals surface area (Å²) in [7, 11) is -3.14. The first kappa shape index (κ1) is 24.2. The van der Waals surface area contributed by atoms with E-state index in [1.165, 1.54) is 20.1 Å². The van der Waals surface area contributed by atoms with E-state index in [9.17, 15) is 18.0 Å². The molecule has 1 aromatic carbocycles. The van der Waals surface area contributed by atoms with Crippen molar-refractivity contribution in [1.82, 2.24) is 19.7 Å². The van der Waals surface area contributed by atoms with Crippen LogP contribution < -0.4 is 14.8 Å². The number of methoxy groups -OCH3 is 1. The van der Waals surface area contributed by atoms with Crippen LogP contribution in [0.4, 0.5) is 10.7 Å². The Morgan fingerprint density at radius 2 is 1.82 bits per heavy atom. The van der Waals surface area contributed by atoms with Gasteiger partial charge < -0.3 is 9.84 Å². The highest BCUT2D eigenvalue weighted by molar-refractivity contribution is 14.1. The van der Waals surface area contributed by atoms with Gasteiger partial charge in [-0.1, -0.05) is 22.6 Å². The predicted molar refractivity (Wildman–Crippen MR) is 117 cm³/mol. The van der Waals surface area contributed by atoms with Crippen LogP contribution in [0.15, 0.2) is 23.1 Å². The molecule has 0 aliphatic carbocycles. The zero-order chi connectivity index (χ0) is 21.5. The number of hydrogen-bond donors (Lipinski definition) is 3. The number of nitrogens with zero attached hydrogens (tertiary/aromatic N) is 3. The molecule has 0 spiro atoms. The number of anilines is 1. The first-order valence-electron chi connectivity index (χ1n) is 7.13. The van der Waals surface area contributed by atoms with E-state index in [1.807, 2.05) is 27.5 Å². The van der Waals surface area contributed by atoms with E-state index < -0.39 is 32.5 Å². The highest BCUT2D eigenvalue weighted by atomic mass is 127. The number of sulfonamides is 1. The number of halogens is 2. The number of carbonyl (C=O) groups excluding carboxylic acids is 1. The highest BCUT2D eigenvalue weighted by Crippen LogP contribution is 2.19.